The van der Waals surface area contributed by atoms with Crippen LogP contribution < -0.4 is 15.1 Å². The highest BCUT2D eigenvalue weighted by Gasteiger charge is 2.32. The predicted molar refractivity (Wildman–Crippen MR) is 125 cm³/mol. The molecule has 0 atom stereocenters. The summed E-state index contributed by atoms with van der Waals surface area (Å²) in [5, 5.41) is 3.61. The second kappa shape index (κ2) is 8.67. The van der Waals surface area contributed by atoms with Gasteiger partial charge in [-0.05, 0) is 62.8 Å². The van der Waals surface area contributed by atoms with Gasteiger partial charge in [0.15, 0.2) is 0 Å². The molecule has 31 heavy (non-hydrogen) atoms. The number of nitrogens with zero attached hydrogens (tertiary/aromatic N) is 3. The van der Waals surface area contributed by atoms with E-state index in [2.05, 4.69) is 51.3 Å². The standard InChI is InChI=1S/C25H34N4O2/c1-25(30-2)9-7-19(8-10-25)17-29-18-20-4-3-11-26-24(20)27-22-6-5-21(16-23(22)29)28-12-14-31-15-13-28/h3-6,11,16,19H,7-10,12-15,17-18H2,1-2H3,(H,26,27). The summed E-state index contributed by atoms with van der Waals surface area (Å²) < 4.78 is 11.3. The fourth-order valence-electron chi connectivity index (χ4n) is 5.15. The third-order valence-electron chi connectivity index (χ3n) is 7.34. The molecule has 1 saturated carbocycles. The average Bonchev–Trinajstić information content (AvgIpc) is 2.97. The molecule has 166 valence electrons. The highest BCUT2D eigenvalue weighted by Crippen LogP contribution is 2.40. The van der Waals surface area contributed by atoms with Gasteiger partial charge in [-0.15, -0.1) is 0 Å². The Bertz CT molecular complexity index is 904. The molecule has 0 radical (unpaired) electrons. The van der Waals surface area contributed by atoms with Crippen molar-refractivity contribution in [1.29, 1.82) is 0 Å². The van der Waals surface area contributed by atoms with Gasteiger partial charge < -0.3 is 24.6 Å². The van der Waals surface area contributed by atoms with Crippen LogP contribution in [0, 0.1) is 5.92 Å². The molecule has 0 spiro atoms. The van der Waals surface area contributed by atoms with Gasteiger partial charge >= 0.3 is 0 Å². The Morgan fingerprint density at radius 2 is 2.00 bits per heavy atom. The number of fused-ring (bicyclic) bond motifs is 2. The quantitative estimate of drug-likeness (QED) is 0.779. The number of hydrogen-bond acceptors (Lipinski definition) is 6. The first-order valence-electron chi connectivity index (χ1n) is 11.6. The molecule has 1 aromatic carbocycles. The number of methoxy groups -OCH3 is 1. The third-order valence-corrected chi connectivity index (χ3v) is 7.34. The van der Waals surface area contributed by atoms with Gasteiger partial charge in [0.25, 0.3) is 0 Å². The van der Waals surface area contributed by atoms with Crippen molar-refractivity contribution in [1.82, 2.24) is 4.98 Å². The summed E-state index contributed by atoms with van der Waals surface area (Å²) in [6.45, 7) is 7.70. The summed E-state index contributed by atoms with van der Waals surface area (Å²) >= 11 is 0. The summed E-state index contributed by atoms with van der Waals surface area (Å²) in [7, 11) is 1.86. The minimum absolute atomic E-state index is 0.0504. The van der Waals surface area contributed by atoms with Crippen molar-refractivity contribution in [3.05, 3.63) is 42.1 Å². The predicted octanol–water partition coefficient (Wildman–Crippen LogP) is 4.58. The number of benzene rings is 1. The lowest BCUT2D eigenvalue weighted by molar-refractivity contribution is -0.0330. The molecule has 3 heterocycles. The Kier molecular flexibility index (Phi) is 5.76. The number of hydrogen-bond donors (Lipinski definition) is 1. The van der Waals surface area contributed by atoms with Crippen LogP contribution in [0.2, 0.25) is 0 Å². The molecule has 0 amide bonds. The lowest BCUT2D eigenvalue weighted by Gasteiger charge is -2.39. The molecule has 2 aromatic rings. The number of anilines is 4. The summed E-state index contributed by atoms with van der Waals surface area (Å²) in [4.78, 5) is 9.62. The van der Waals surface area contributed by atoms with E-state index in [-0.39, 0.29) is 5.60 Å². The van der Waals surface area contributed by atoms with Gasteiger partial charge in [0.2, 0.25) is 0 Å². The average molecular weight is 423 g/mol. The Morgan fingerprint density at radius 3 is 2.77 bits per heavy atom. The first-order valence-corrected chi connectivity index (χ1v) is 11.6. The van der Waals surface area contributed by atoms with Crippen molar-refractivity contribution in [2.45, 2.75) is 44.8 Å². The smallest absolute Gasteiger partial charge is 0.135 e. The number of rotatable bonds is 4. The molecule has 3 aliphatic rings. The van der Waals surface area contributed by atoms with Gasteiger partial charge in [0, 0.05) is 50.7 Å². The first kappa shape index (κ1) is 20.6. The number of nitrogens with one attached hydrogen (secondary N) is 1. The maximum Gasteiger partial charge on any atom is 0.135 e. The van der Waals surface area contributed by atoms with Crippen molar-refractivity contribution < 1.29 is 9.47 Å². The number of morpholine rings is 1. The Labute approximate surface area is 185 Å². The minimum atomic E-state index is 0.0504. The van der Waals surface area contributed by atoms with E-state index >= 15 is 0 Å². The maximum absolute atomic E-state index is 5.77. The van der Waals surface area contributed by atoms with Crippen LogP contribution in [0.25, 0.3) is 0 Å². The highest BCUT2D eigenvalue weighted by molar-refractivity contribution is 5.81. The minimum Gasteiger partial charge on any atom is -0.379 e. The molecular weight excluding hydrogens is 388 g/mol. The zero-order valence-corrected chi connectivity index (χ0v) is 18.8. The molecule has 2 aliphatic heterocycles. The van der Waals surface area contributed by atoms with Gasteiger partial charge in [-0.1, -0.05) is 6.07 Å². The van der Waals surface area contributed by atoms with Crippen LogP contribution in [0.4, 0.5) is 22.9 Å². The number of ether oxygens (including phenoxy) is 2. The summed E-state index contributed by atoms with van der Waals surface area (Å²) in [5.74, 6) is 1.65. The van der Waals surface area contributed by atoms with Crippen molar-refractivity contribution in [3.63, 3.8) is 0 Å². The van der Waals surface area contributed by atoms with E-state index in [1.807, 2.05) is 19.4 Å². The number of aromatic nitrogens is 1. The molecule has 1 aliphatic carbocycles. The molecule has 5 rings (SSSR count). The van der Waals surface area contributed by atoms with E-state index in [0.717, 1.165) is 63.7 Å². The number of pyridine rings is 1. The molecule has 2 fully saturated rings. The van der Waals surface area contributed by atoms with Gasteiger partial charge in [-0.25, -0.2) is 4.98 Å². The van der Waals surface area contributed by atoms with Crippen LogP contribution in [-0.4, -0.2) is 50.5 Å². The van der Waals surface area contributed by atoms with Crippen molar-refractivity contribution in [2.24, 2.45) is 5.92 Å². The van der Waals surface area contributed by atoms with Crippen LogP contribution >= 0.6 is 0 Å². The van der Waals surface area contributed by atoms with Crippen LogP contribution in [0.5, 0.6) is 0 Å². The van der Waals surface area contributed by atoms with Crippen LogP contribution in [0.15, 0.2) is 36.5 Å². The maximum atomic E-state index is 5.77. The Hall–Kier alpha value is -2.31. The Morgan fingerprint density at radius 1 is 1.19 bits per heavy atom. The zero-order chi connectivity index (χ0) is 21.3. The van der Waals surface area contributed by atoms with Crippen LogP contribution in [-0.2, 0) is 16.0 Å². The fraction of sp³-hybridized carbons (Fsp3) is 0.560. The molecule has 0 unspecified atom stereocenters. The molecule has 1 aromatic heterocycles. The lowest BCUT2D eigenvalue weighted by Crippen LogP contribution is -2.38. The second-order valence-corrected chi connectivity index (χ2v) is 9.41. The van der Waals surface area contributed by atoms with Crippen molar-refractivity contribution in [2.75, 3.05) is 55.1 Å². The first-order chi connectivity index (χ1) is 15.1. The van der Waals surface area contributed by atoms with E-state index in [9.17, 15) is 0 Å². The zero-order valence-electron chi connectivity index (χ0n) is 18.8. The van der Waals surface area contributed by atoms with E-state index in [1.165, 1.54) is 29.8 Å². The fourth-order valence-corrected chi connectivity index (χ4v) is 5.15. The molecule has 1 N–H and O–H groups in total. The topological polar surface area (TPSA) is 49.9 Å². The van der Waals surface area contributed by atoms with Crippen LogP contribution in [0.3, 0.4) is 0 Å². The lowest BCUT2D eigenvalue weighted by atomic mass is 9.79. The van der Waals surface area contributed by atoms with E-state index in [4.69, 9.17) is 9.47 Å². The van der Waals surface area contributed by atoms with Crippen LogP contribution in [0.1, 0.15) is 38.2 Å². The molecule has 1 saturated heterocycles. The monoisotopic (exact) mass is 422 g/mol. The molecule has 6 heteroatoms. The van der Waals surface area contributed by atoms with E-state index in [1.54, 1.807) is 0 Å². The largest absolute Gasteiger partial charge is 0.379 e. The summed E-state index contributed by atoms with van der Waals surface area (Å²) in [6, 6.07) is 11.0. The van der Waals surface area contributed by atoms with Gasteiger partial charge in [0.05, 0.1) is 30.2 Å². The van der Waals surface area contributed by atoms with Crippen molar-refractivity contribution in [3.8, 4) is 0 Å². The van der Waals surface area contributed by atoms with E-state index < -0.39 is 0 Å². The van der Waals surface area contributed by atoms with Gasteiger partial charge in [-0.2, -0.15) is 0 Å². The normalized spacial score (nSPS) is 25.9. The molecular formula is C25H34N4O2. The SMILES string of the molecule is COC1(C)CCC(CN2Cc3cccnc3Nc3ccc(N4CCOCC4)cc32)CC1. The van der Waals surface area contributed by atoms with Gasteiger partial charge in [-0.3, -0.25) is 0 Å². The summed E-state index contributed by atoms with van der Waals surface area (Å²) in [6.07, 6.45) is 6.58. The van der Waals surface area contributed by atoms with Gasteiger partial charge in [0.1, 0.15) is 5.82 Å². The highest BCUT2D eigenvalue weighted by atomic mass is 16.5. The molecule has 6 nitrogen and oxygen atoms in total. The second-order valence-electron chi connectivity index (χ2n) is 9.41. The molecule has 0 bridgehead atoms. The van der Waals surface area contributed by atoms with Crippen molar-refractivity contribution >= 4 is 22.9 Å². The third kappa shape index (κ3) is 4.37. The summed E-state index contributed by atoms with van der Waals surface area (Å²) in [5.41, 5.74) is 5.01. The Balaban J connectivity index is 1.43. The van der Waals surface area contributed by atoms with E-state index in [0.29, 0.717) is 5.92 Å².